The van der Waals surface area contributed by atoms with Crippen LogP contribution >= 0.6 is 0 Å². The first-order valence-corrected chi connectivity index (χ1v) is 3.71. The van der Waals surface area contributed by atoms with Gasteiger partial charge < -0.3 is 14.4 Å². The van der Waals surface area contributed by atoms with Gasteiger partial charge in [0, 0.05) is 8.91 Å². The van der Waals surface area contributed by atoms with Crippen molar-refractivity contribution in [1.29, 1.82) is 0 Å². The van der Waals surface area contributed by atoms with Gasteiger partial charge in [-0.05, 0) is 0 Å². The minimum atomic E-state index is 0. The van der Waals surface area contributed by atoms with E-state index in [0.29, 0.717) is 0 Å². The topological polar surface area (TPSA) is 51.2 Å². The van der Waals surface area contributed by atoms with Crippen LogP contribution in [0.25, 0.3) is 0 Å². The van der Waals surface area contributed by atoms with Crippen molar-refractivity contribution in [2.45, 2.75) is 108 Å². The Balaban J connectivity index is -0.00000000327. The number of carbonyl (C=O) groups excluding carboxylic acids is 3. The van der Waals surface area contributed by atoms with Crippen molar-refractivity contribution in [3.05, 3.63) is 0 Å². The van der Waals surface area contributed by atoms with Crippen LogP contribution in [0.1, 0.15) is 121 Å². The van der Waals surface area contributed by atoms with Gasteiger partial charge >= 0.3 is 0 Å². The molecule has 0 N–H and O–H groups in total. The Labute approximate surface area is 157 Å². The molecule has 0 aliphatic heterocycles. The van der Waals surface area contributed by atoms with Gasteiger partial charge in [-0.25, -0.2) is 0 Å². The van der Waals surface area contributed by atoms with E-state index in [-0.39, 0.29) is 87.1 Å². The van der Waals surface area contributed by atoms with Crippen LogP contribution in [0.4, 0.5) is 0 Å². The van der Waals surface area contributed by atoms with E-state index in [1.165, 1.54) is 0 Å². The summed E-state index contributed by atoms with van der Waals surface area (Å²) in [7, 11) is 0. The van der Waals surface area contributed by atoms with E-state index in [4.69, 9.17) is 27.4 Å². The molecule has 0 atom stereocenters. The highest BCUT2D eigenvalue weighted by atomic mass is 16.1. The molecule has 156 valence electrons. The molecule has 0 heterocycles. The second-order valence-electron chi connectivity index (χ2n) is 0. The molecule has 0 unspecified atom stereocenters. The molecule has 0 fully saturated rings. The van der Waals surface area contributed by atoms with Crippen molar-refractivity contribution in [3.8, 4) is 0 Å². The fourth-order valence-corrected chi connectivity index (χ4v) is 0. The molecule has 0 rings (SSSR count). The van der Waals surface area contributed by atoms with Crippen molar-refractivity contribution < 1.29 is 27.4 Å². The van der Waals surface area contributed by atoms with Crippen LogP contribution in [0.2, 0.25) is 0 Å². The summed E-state index contributed by atoms with van der Waals surface area (Å²) >= 11 is 0. The molecule has 3 heteroatoms. The summed E-state index contributed by atoms with van der Waals surface area (Å²) in [6.07, 6.45) is 0. The second kappa shape index (κ2) is 6290. The summed E-state index contributed by atoms with van der Waals surface area (Å²) in [4.78, 5) is 25.4. The third kappa shape index (κ3) is 5610. The lowest BCUT2D eigenvalue weighted by atomic mass is 11.0. The first-order valence-electron chi connectivity index (χ1n) is 8.44. The first-order chi connectivity index (χ1) is 10.2. The van der Waals surface area contributed by atoms with E-state index in [0.717, 1.165) is 0 Å². The van der Waals surface area contributed by atoms with Gasteiger partial charge in [0.2, 0.25) is 0 Å². The molecule has 0 bridgehead atoms. The molecular formula is C18H66O3. The van der Waals surface area contributed by atoms with Gasteiger partial charge in [0.1, 0.15) is 24.4 Å². The molecule has 0 saturated heterocycles. The standard InChI is InChI=1S/3C2H6.3CH2O.9CH4.3H2/c6*1-2;;;;;;;;;;;;/h3*1-2H3;3*1H2;9*1H4;3*1H/i;;;3*1T;;;;;;;;;;3*1+1D. The van der Waals surface area contributed by atoms with Crippen molar-refractivity contribution in [2.24, 2.45) is 0 Å². The van der Waals surface area contributed by atoms with Gasteiger partial charge in [-0.1, -0.05) is 108 Å². The van der Waals surface area contributed by atoms with Crippen LogP contribution in [0, 0.1) is 0 Å². The van der Waals surface area contributed by atoms with Gasteiger partial charge in [0.05, 0.1) is 0 Å². The van der Waals surface area contributed by atoms with Crippen molar-refractivity contribution in [1.82, 2.24) is 0 Å². The third-order valence-corrected chi connectivity index (χ3v) is 0. The molecule has 0 aromatic carbocycles. The van der Waals surface area contributed by atoms with Gasteiger partial charge in [-0.3, -0.25) is 0 Å². The summed E-state index contributed by atoms with van der Waals surface area (Å²) in [5, 5.41) is 0. The van der Waals surface area contributed by atoms with Gasteiger partial charge in [-0.2, -0.15) is 0 Å². The second-order valence-corrected chi connectivity index (χ2v) is 0. The van der Waals surface area contributed by atoms with Gasteiger partial charge in [-0.15, -0.1) is 0 Å². The molecule has 0 aliphatic rings. The molecule has 0 aliphatic carbocycles. The maximum atomic E-state index is 8.47. The highest BCUT2D eigenvalue weighted by Gasteiger charge is 0.936. The summed E-state index contributed by atoms with van der Waals surface area (Å²) in [5.74, 6) is 0. The van der Waals surface area contributed by atoms with Gasteiger partial charge in [0.25, 0.3) is 0 Å². The van der Waals surface area contributed by atoms with E-state index < -0.39 is 0 Å². The molecule has 0 saturated carbocycles. The zero-order valence-corrected chi connectivity index (χ0v) is 8.96. The Morgan fingerprint density at radius 1 is 0.524 bits per heavy atom. The van der Waals surface area contributed by atoms with E-state index in [2.05, 4.69) is 0 Å². The van der Waals surface area contributed by atoms with Crippen LogP contribution in [-0.4, -0.2) is 20.3 Å². The average molecular weight is 343 g/mol. The summed E-state index contributed by atoms with van der Waals surface area (Å²) in [5.41, 5.74) is 0. The lowest BCUT2D eigenvalue weighted by Gasteiger charge is -1.07. The Morgan fingerprint density at radius 3 is 0.524 bits per heavy atom. The lowest BCUT2D eigenvalue weighted by Crippen LogP contribution is -0.925. The van der Waals surface area contributed by atoms with Crippen LogP contribution in [0.3, 0.4) is 0 Å². The number of hydrogen-bond donors (Lipinski definition) is 0. The predicted octanol–water partition coefficient (Wildman–Crippen LogP) is 8.99. The van der Waals surface area contributed by atoms with E-state index in [1.807, 2.05) is 41.5 Å². The Hall–Kier alpha value is -0.990. The molecule has 0 spiro atoms. The fraction of sp³-hybridized carbons (Fsp3) is 0.833. The number of carbonyl (C=O) groups is 3. The zero-order chi connectivity index (χ0) is 20.1. The molecule has 0 amide bonds. The van der Waals surface area contributed by atoms with E-state index >= 15 is 0 Å². The minimum absolute atomic E-state index is 0. The maximum absolute atomic E-state index is 8.47. The van der Waals surface area contributed by atoms with E-state index in [1.54, 1.807) is 0 Å². The van der Waals surface area contributed by atoms with E-state index in [9.17, 15) is 0 Å². The quantitative estimate of drug-likeness (QED) is 0.441. The normalized spacial score (nSPS) is 4.00. The average Bonchev–Trinajstić information content (AvgIpc) is 2.60. The van der Waals surface area contributed by atoms with Crippen LogP contribution in [-0.2, 0) is 14.4 Å². The highest BCUT2D eigenvalue weighted by molar-refractivity contribution is 5.11. The monoisotopic (exact) mass is 343 g/mol. The SMILES string of the molecule is C.C.C.C.C.C.C.C.C.CC.CC.CC.[2H][2H].[2H][2H].[2H][2H].[3H]C=O.[3H]C=O.[3H]C=O. The lowest BCUT2D eigenvalue weighted by molar-refractivity contribution is -0.0987. The number of rotatable bonds is 0. The smallest absolute Gasteiger partial charge is 0.106 e. The van der Waals surface area contributed by atoms with Crippen molar-refractivity contribution in [2.75, 3.05) is 0 Å². The summed E-state index contributed by atoms with van der Waals surface area (Å²) in [6, 6.07) is 0. The third-order valence-electron chi connectivity index (χ3n) is 0. The van der Waals surface area contributed by atoms with Crippen molar-refractivity contribution >= 4 is 20.3 Å². The number of hydrogen-bond acceptors (Lipinski definition) is 3. The minimum Gasteiger partial charge on any atom is -0.307 e. The zero-order valence-electron chi connectivity index (χ0n) is 18.0. The highest BCUT2D eigenvalue weighted by Crippen LogP contribution is 1.15. The molecule has 0 aromatic heterocycles. The van der Waals surface area contributed by atoms with Crippen molar-refractivity contribution in [3.63, 3.8) is 0 Å². The van der Waals surface area contributed by atoms with Gasteiger partial charge in [0.15, 0.2) is 0 Å². The van der Waals surface area contributed by atoms with Crippen LogP contribution < -0.4 is 0 Å². The van der Waals surface area contributed by atoms with Crippen LogP contribution in [0.5, 0.6) is 0 Å². The predicted molar refractivity (Wildman–Crippen MR) is 122 cm³/mol. The molecule has 0 radical (unpaired) electrons. The fourth-order valence-electron chi connectivity index (χ4n) is 0. The Bertz CT molecular complexity index is 75.7. The summed E-state index contributed by atoms with van der Waals surface area (Å²) in [6.45, 7) is 12.0. The molecule has 21 heavy (non-hydrogen) atoms. The molecule has 0 aromatic rings. The largest absolute Gasteiger partial charge is 0.307 e. The molecule has 3 nitrogen and oxygen atoms in total. The Morgan fingerprint density at radius 2 is 0.524 bits per heavy atom. The summed E-state index contributed by atoms with van der Waals surface area (Å²) < 4.78 is 46.6. The first kappa shape index (κ1) is 59.7. The maximum Gasteiger partial charge on any atom is 0.106 e. The molecular weight excluding hydrogens is 264 g/mol. The van der Waals surface area contributed by atoms with Crippen LogP contribution in [0.15, 0.2) is 0 Å². The Kier molecular flexibility index (Phi) is 17900.